The zero-order chi connectivity index (χ0) is 21.8. The van der Waals surface area contributed by atoms with E-state index in [2.05, 4.69) is 6.92 Å². The number of carbonyl (C=O) groups excluding carboxylic acids is 1. The van der Waals surface area contributed by atoms with Crippen molar-refractivity contribution in [2.24, 2.45) is 35.0 Å². The Kier molecular flexibility index (Phi) is 5.78. The maximum absolute atomic E-state index is 13.6. The molecular weight excluding hydrogens is 408 g/mol. The minimum atomic E-state index is -1.26. The molecule has 5 heteroatoms. The largest absolute Gasteiger partial charge is 0.611 e. The van der Waals surface area contributed by atoms with Gasteiger partial charge in [-0.2, -0.15) is 0 Å². The zero-order valence-electron chi connectivity index (χ0n) is 18.8. The van der Waals surface area contributed by atoms with Gasteiger partial charge >= 0.3 is 0 Å². The van der Waals surface area contributed by atoms with E-state index in [4.69, 9.17) is 4.74 Å². The van der Waals surface area contributed by atoms with Crippen LogP contribution >= 0.6 is 0 Å². The molecule has 0 heterocycles. The lowest BCUT2D eigenvalue weighted by molar-refractivity contribution is -0.138. The highest BCUT2D eigenvalue weighted by Crippen LogP contribution is 2.62. The molecular formula is C26H36O4S. The first kappa shape index (κ1) is 21.9. The normalized spacial score (nSPS) is 45.5. The summed E-state index contributed by atoms with van der Waals surface area (Å²) in [5, 5.41) is 10.6. The first-order chi connectivity index (χ1) is 14.9. The third kappa shape index (κ3) is 3.60. The van der Waals surface area contributed by atoms with Crippen LogP contribution in [-0.2, 0) is 20.7 Å². The summed E-state index contributed by atoms with van der Waals surface area (Å²) >= 11 is -1.26. The summed E-state index contributed by atoms with van der Waals surface area (Å²) in [6, 6.07) is 9.54. The van der Waals surface area contributed by atoms with Gasteiger partial charge in [0.25, 0.3) is 0 Å². The van der Waals surface area contributed by atoms with Gasteiger partial charge in [-0.15, -0.1) is 0 Å². The van der Waals surface area contributed by atoms with E-state index in [1.54, 1.807) is 7.11 Å². The first-order valence-corrected chi connectivity index (χ1v) is 13.3. The van der Waals surface area contributed by atoms with E-state index in [1.165, 1.54) is 0 Å². The minimum absolute atomic E-state index is 0.248. The molecule has 9 atom stereocenters. The molecule has 0 radical (unpaired) electrons. The van der Waals surface area contributed by atoms with Gasteiger partial charge < -0.3 is 14.4 Å². The van der Waals surface area contributed by atoms with Crippen molar-refractivity contribution in [3.63, 3.8) is 0 Å². The number of ketones is 1. The summed E-state index contributed by atoms with van der Waals surface area (Å²) in [4.78, 5) is 14.3. The van der Waals surface area contributed by atoms with E-state index < -0.39 is 16.8 Å². The summed E-state index contributed by atoms with van der Waals surface area (Å²) in [6.45, 7) is 2.61. The van der Waals surface area contributed by atoms with Gasteiger partial charge in [0.1, 0.15) is 0 Å². The summed E-state index contributed by atoms with van der Waals surface area (Å²) in [5.74, 6) is 3.06. The molecule has 1 aromatic rings. The van der Waals surface area contributed by atoms with Gasteiger partial charge in [-0.25, -0.2) is 0 Å². The predicted molar refractivity (Wildman–Crippen MR) is 121 cm³/mol. The number of aliphatic hydroxyl groups is 1. The smallest absolute Gasteiger partial charge is 0.191 e. The second-order valence-corrected chi connectivity index (χ2v) is 12.6. The van der Waals surface area contributed by atoms with Crippen LogP contribution in [0.15, 0.2) is 35.2 Å². The summed E-state index contributed by atoms with van der Waals surface area (Å²) in [5.41, 5.74) is -0.971. The molecule has 4 fully saturated rings. The van der Waals surface area contributed by atoms with Crippen LogP contribution in [0, 0.1) is 35.0 Å². The number of benzene rings is 1. The summed E-state index contributed by atoms with van der Waals surface area (Å²) in [6.07, 6.45) is 7.87. The highest BCUT2D eigenvalue weighted by atomic mass is 32.2. The quantitative estimate of drug-likeness (QED) is 0.700. The van der Waals surface area contributed by atoms with E-state index in [0.717, 1.165) is 56.3 Å². The minimum Gasteiger partial charge on any atom is -0.611 e. The standard InChI is InChI=1S/C26H36O4S/c1-25-12-10-20-19-11-13-26(28,16-30-2)15-17(19)8-9-21(20)22(25)14-23(24(25)27)31(29)18-6-4-3-5-7-18/h3-7,17,19-23,28H,8-16H2,1-2H3/t17-,19-,20+,21+,22-,23?,25-,26+,31?/m0/s1. The first-order valence-electron chi connectivity index (χ1n) is 12.1. The van der Waals surface area contributed by atoms with E-state index >= 15 is 0 Å². The Labute approximate surface area is 189 Å². The molecule has 4 aliphatic rings. The lowest BCUT2D eigenvalue weighted by Gasteiger charge is -2.55. The molecule has 5 rings (SSSR count). The van der Waals surface area contributed by atoms with Crippen LogP contribution in [0.2, 0.25) is 0 Å². The molecule has 170 valence electrons. The molecule has 0 saturated heterocycles. The van der Waals surface area contributed by atoms with Crippen molar-refractivity contribution in [2.75, 3.05) is 13.7 Å². The third-order valence-corrected chi connectivity index (χ3v) is 11.1. The Morgan fingerprint density at radius 3 is 2.58 bits per heavy atom. The van der Waals surface area contributed by atoms with E-state index in [9.17, 15) is 14.5 Å². The Bertz CT molecular complexity index is 815. The van der Waals surface area contributed by atoms with E-state index in [0.29, 0.717) is 36.2 Å². The SMILES string of the molecule is COC[C@@]1(O)CC[C@H]2[C@@H](CC[C@@H]3[C@@H]2CC[C@]2(C)C(=O)C([S+]([O-])c4ccccc4)C[C@@H]32)C1. The topological polar surface area (TPSA) is 69.6 Å². The fourth-order valence-corrected chi connectivity index (χ4v) is 9.63. The Hall–Kier alpha value is -0.880. The van der Waals surface area contributed by atoms with Gasteiger partial charge in [0, 0.05) is 18.9 Å². The number of ether oxygens (including phenoxy) is 1. The molecule has 31 heavy (non-hydrogen) atoms. The summed E-state index contributed by atoms with van der Waals surface area (Å²) in [7, 11) is 1.68. The highest BCUT2D eigenvalue weighted by molar-refractivity contribution is 7.92. The van der Waals surface area contributed by atoms with Crippen molar-refractivity contribution in [3.8, 4) is 0 Å². The molecule has 4 aliphatic carbocycles. The van der Waals surface area contributed by atoms with Crippen molar-refractivity contribution < 1.29 is 19.2 Å². The molecule has 1 N–H and O–H groups in total. The average Bonchev–Trinajstić information content (AvgIpc) is 3.04. The van der Waals surface area contributed by atoms with Crippen LogP contribution in [0.25, 0.3) is 0 Å². The van der Waals surface area contributed by atoms with Gasteiger partial charge in [-0.3, -0.25) is 4.79 Å². The van der Waals surface area contributed by atoms with Crippen molar-refractivity contribution in [3.05, 3.63) is 30.3 Å². The summed E-state index contributed by atoms with van der Waals surface area (Å²) < 4.78 is 18.6. The zero-order valence-corrected chi connectivity index (χ0v) is 19.6. The van der Waals surface area contributed by atoms with Crippen LogP contribution < -0.4 is 0 Å². The Morgan fingerprint density at radius 2 is 1.84 bits per heavy atom. The maximum Gasteiger partial charge on any atom is 0.191 e. The van der Waals surface area contributed by atoms with Crippen molar-refractivity contribution in [1.82, 2.24) is 0 Å². The second kappa shape index (κ2) is 8.16. The van der Waals surface area contributed by atoms with Crippen molar-refractivity contribution >= 4 is 17.0 Å². The number of carbonyl (C=O) groups is 1. The third-order valence-electron chi connectivity index (χ3n) is 9.46. The van der Waals surface area contributed by atoms with Crippen LogP contribution in [0.4, 0.5) is 0 Å². The fraction of sp³-hybridized carbons (Fsp3) is 0.731. The van der Waals surface area contributed by atoms with E-state index in [1.807, 2.05) is 30.3 Å². The molecule has 0 spiro atoms. The molecule has 1 aromatic carbocycles. The van der Waals surface area contributed by atoms with Gasteiger partial charge in [0.15, 0.2) is 15.9 Å². The number of rotatable bonds is 4. The monoisotopic (exact) mass is 444 g/mol. The van der Waals surface area contributed by atoms with Gasteiger partial charge in [-0.1, -0.05) is 25.1 Å². The lowest BCUT2D eigenvalue weighted by Crippen LogP contribution is -2.52. The lowest BCUT2D eigenvalue weighted by atomic mass is 9.50. The molecule has 0 aliphatic heterocycles. The van der Waals surface area contributed by atoms with E-state index in [-0.39, 0.29) is 16.4 Å². The highest BCUT2D eigenvalue weighted by Gasteiger charge is 2.63. The second-order valence-electron chi connectivity index (χ2n) is 11.0. The van der Waals surface area contributed by atoms with Crippen LogP contribution in [-0.4, -0.2) is 40.0 Å². The predicted octanol–water partition coefficient (Wildman–Crippen LogP) is 4.37. The van der Waals surface area contributed by atoms with Crippen molar-refractivity contribution in [2.45, 2.75) is 74.0 Å². The number of methoxy groups -OCH3 is 1. The van der Waals surface area contributed by atoms with Crippen molar-refractivity contribution in [1.29, 1.82) is 0 Å². The molecule has 0 aromatic heterocycles. The average molecular weight is 445 g/mol. The van der Waals surface area contributed by atoms with Crippen LogP contribution in [0.1, 0.15) is 58.3 Å². The molecule has 4 saturated carbocycles. The number of hydrogen-bond acceptors (Lipinski definition) is 4. The number of fused-ring (bicyclic) bond motifs is 5. The number of Topliss-reactive ketones (excluding diaryl/α,β-unsaturated/α-hetero) is 1. The maximum atomic E-state index is 13.6. The van der Waals surface area contributed by atoms with Gasteiger partial charge in [-0.05, 0) is 97.8 Å². The van der Waals surface area contributed by atoms with Gasteiger partial charge in [0.05, 0.1) is 12.2 Å². The molecule has 4 nitrogen and oxygen atoms in total. The molecule has 0 bridgehead atoms. The van der Waals surface area contributed by atoms with Crippen LogP contribution in [0.5, 0.6) is 0 Å². The molecule has 2 unspecified atom stereocenters. The Balaban J connectivity index is 1.35. The van der Waals surface area contributed by atoms with Gasteiger partial charge in [0.2, 0.25) is 0 Å². The van der Waals surface area contributed by atoms with Crippen LogP contribution in [0.3, 0.4) is 0 Å². The fourth-order valence-electron chi connectivity index (χ4n) is 8.03. The Morgan fingerprint density at radius 1 is 1.10 bits per heavy atom. The molecule has 0 amide bonds. The number of hydrogen-bond donors (Lipinski definition) is 1.